The molecule has 0 aliphatic carbocycles. The highest BCUT2D eigenvalue weighted by molar-refractivity contribution is 6.34. The Labute approximate surface area is 145 Å². The molecule has 0 saturated heterocycles. The first-order valence-electron chi connectivity index (χ1n) is 6.32. The molecule has 2 aromatic rings. The maximum atomic E-state index is 12.0. The van der Waals surface area contributed by atoms with Crippen LogP contribution in [0.25, 0.3) is 0 Å². The van der Waals surface area contributed by atoms with Gasteiger partial charge in [0, 0.05) is 17.2 Å². The van der Waals surface area contributed by atoms with Crippen molar-refractivity contribution in [2.75, 3.05) is 0 Å². The lowest BCUT2D eigenvalue weighted by Gasteiger charge is -2.09. The number of carbonyl (C=O) groups excluding carboxylic acids is 2. The summed E-state index contributed by atoms with van der Waals surface area (Å²) in [6.07, 6.45) is 0. The van der Waals surface area contributed by atoms with Crippen LogP contribution in [0.1, 0.15) is 20.7 Å². The lowest BCUT2D eigenvalue weighted by atomic mass is 10.2. The summed E-state index contributed by atoms with van der Waals surface area (Å²) in [4.78, 5) is 33.8. The number of phenolic OH excluding ortho intramolecular Hbond substituents is 1. The Morgan fingerprint density at radius 1 is 1.00 bits per heavy atom. The van der Waals surface area contributed by atoms with Crippen LogP contribution in [0.2, 0.25) is 10.0 Å². The Hall–Kier alpha value is -2.84. The lowest BCUT2D eigenvalue weighted by Crippen LogP contribution is -2.41. The zero-order chi connectivity index (χ0) is 17.9. The number of hydrazine groups is 1. The first-order valence-corrected chi connectivity index (χ1v) is 7.08. The number of nitrogens with one attached hydrogen (secondary N) is 2. The van der Waals surface area contributed by atoms with Gasteiger partial charge in [-0.2, -0.15) is 0 Å². The number of carbonyl (C=O) groups is 2. The summed E-state index contributed by atoms with van der Waals surface area (Å²) >= 11 is 11.5. The SMILES string of the molecule is O=C(NNC(=O)c1ccc([N+](=O)[O-])cc1Cl)c1cc(Cl)ccc1O. The maximum Gasteiger partial charge on any atom is 0.273 e. The van der Waals surface area contributed by atoms with Crippen molar-refractivity contribution in [3.05, 3.63) is 67.7 Å². The van der Waals surface area contributed by atoms with Crippen LogP contribution in [0.3, 0.4) is 0 Å². The van der Waals surface area contributed by atoms with Gasteiger partial charge in [-0.1, -0.05) is 23.2 Å². The van der Waals surface area contributed by atoms with Gasteiger partial charge in [-0.05, 0) is 24.3 Å². The molecule has 0 aliphatic rings. The highest BCUT2D eigenvalue weighted by Crippen LogP contribution is 2.23. The van der Waals surface area contributed by atoms with Crippen molar-refractivity contribution in [3.63, 3.8) is 0 Å². The number of non-ortho nitro benzene ring substituents is 1. The van der Waals surface area contributed by atoms with E-state index in [9.17, 15) is 24.8 Å². The van der Waals surface area contributed by atoms with E-state index in [1.165, 1.54) is 18.2 Å². The number of amides is 2. The van der Waals surface area contributed by atoms with Crippen LogP contribution >= 0.6 is 23.2 Å². The zero-order valence-corrected chi connectivity index (χ0v) is 13.3. The number of nitrogens with zero attached hydrogens (tertiary/aromatic N) is 1. The molecule has 0 aromatic heterocycles. The molecule has 2 amide bonds. The minimum atomic E-state index is -0.804. The van der Waals surface area contributed by atoms with Crippen LogP contribution < -0.4 is 10.9 Å². The normalized spacial score (nSPS) is 10.1. The third-order valence-corrected chi connectivity index (χ3v) is 3.45. The minimum Gasteiger partial charge on any atom is -0.507 e. The van der Waals surface area contributed by atoms with E-state index in [4.69, 9.17) is 23.2 Å². The van der Waals surface area contributed by atoms with E-state index in [-0.39, 0.29) is 32.6 Å². The van der Waals surface area contributed by atoms with Crippen molar-refractivity contribution in [2.24, 2.45) is 0 Å². The molecule has 0 aliphatic heterocycles. The third-order valence-electron chi connectivity index (χ3n) is 2.90. The highest BCUT2D eigenvalue weighted by Gasteiger charge is 2.17. The molecule has 0 spiro atoms. The second-order valence-electron chi connectivity index (χ2n) is 4.49. The number of hydrogen-bond donors (Lipinski definition) is 3. The summed E-state index contributed by atoms with van der Waals surface area (Å²) in [5.41, 5.74) is 3.68. The Bertz CT molecular complexity index is 841. The summed E-state index contributed by atoms with van der Waals surface area (Å²) in [6, 6.07) is 7.11. The van der Waals surface area contributed by atoms with Gasteiger partial charge in [-0.15, -0.1) is 0 Å². The number of benzene rings is 2. The van der Waals surface area contributed by atoms with Gasteiger partial charge in [0.25, 0.3) is 17.5 Å². The summed E-state index contributed by atoms with van der Waals surface area (Å²) in [5, 5.41) is 20.3. The van der Waals surface area contributed by atoms with Crippen molar-refractivity contribution in [1.29, 1.82) is 0 Å². The fraction of sp³-hybridized carbons (Fsp3) is 0. The molecule has 0 heterocycles. The van der Waals surface area contributed by atoms with Crippen LogP contribution in [0.5, 0.6) is 5.75 Å². The van der Waals surface area contributed by atoms with Gasteiger partial charge in [0.2, 0.25) is 0 Å². The van der Waals surface area contributed by atoms with Crippen molar-refractivity contribution >= 4 is 40.7 Å². The van der Waals surface area contributed by atoms with Crippen LogP contribution in [-0.4, -0.2) is 21.8 Å². The van der Waals surface area contributed by atoms with E-state index >= 15 is 0 Å². The molecule has 0 fully saturated rings. The molecule has 8 nitrogen and oxygen atoms in total. The molecule has 3 N–H and O–H groups in total. The Balaban J connectivity index is 2.09. The van der Waals surface area contributed by atoms with Gasteiger partial charge in [0.15, 0.2) is 0 Å². The van der Waals surface area contributed by atoms with Gasteiger partial charge in [0.05, 0.1) is 21.1 Å². The number of halogens is 2. The monoisotopic (exact) mass is 369 g/mol. The molecule has 2 aromatic carbocycles. The fourth-order valence-electron chi connectivity index (χ4n) is 1.74. The Morgan fingerprint density at radius 3 is 2.21 bits per heavy atom. The quantitative estimate of drug-likeness (QED) is 0.567. The molecular weight excluding hydrogens is 361 g/mol. The lowest BCUT2D eigenvalue weighted by molar-refractivity contribution is -0.384. The minimum absolute atomic E-state index is 0.0714. The number of nitro groups is 1. The Morgan fingerprint density at radius 2 is 1.62 bits per heavy atom. The average Bonchev–Trinajstić information content (AvgIpc) is 2.54. The summed E-state index contributed by atoms with van der Waals surface area (Å²) in [6.45, 7) is 0. The first-order chi connectivity index (χ1) is 11.3. The van der Waals surface area contributed by atoms with Gasteiger partial charge in [-0.3, -0.25) is 30.6 Å². The molecular formula is C14H9Cl2N3O5. The molecule has 0 radical (unpaired) electrons. The topological polar surface area (TPSA) is 122 Å². The van der Waals surface area contributed by atoms with E-state index in [1.807, 2.05) is 0 Å². The smallest absolute Gasteiger partial charge is 0.273 e. The zero-order valence-electron chi connectivity index (χ0n) is 11.7. The Kier molecular flexibility index (Phi) is 5.22. The van der Waals surface area contributed by atoms with E-state index in [1.54, 1.807) is 0 Å². The van der Waals surface area contributed by atoms with Crippen LogP contribution in [-0.2, 0) is 0 Å². The van der Waals surface area contributed by atoms with Crippen molar-refractivity contribution < 1.29 is 19.6 Å². The standard InChI is InChI=1S/C14H9Cl2N3O5/c15-7-1-4-12(20)10(5-7)14(22)18-17-13(21)9-3-2-8(19(23)24)6-11(9)16/h1-6,20H,(H,17,21)(H,18,22). The molecule has 124 valence electrons. The van der Waals surface area contributed by atoms with Crippen molar-refractivity contribution in [1.82, 2.24) is 10.9 Å². The van der Waals surface area contributed by atoms with Gasteiger partial charge in [0.1, 0.15) is 5.75 Å². The van der Waals surface area contributed by atoms with Crippen LogP contribution in [0.4, 0.5) is 5.69 Å². The number of hydrogen-bond acceptors (Lipinski definition) is 5. The molecule has 24 heavy (non-hydrogen) atoms. The van der Waals surface area contributed by atoms with Crippen molar-refractivity contribution in [3.8, 4) is 5.75 Å². The van der Waals surface area contributed by atoms with E-state index in [0.29, 0.717) is 0 Å². The second kappa shape index (κ2) is 7.16. The third kappa shape index (κ3) is 3.92. The molecule has 10 heteroatoms. The molecule has 0 atom stereocenters. The molecule has 0 unspecified atom stereocenters. The number of phenols is 1. The predicted molar refractivity (Wildman–Crippen MR) is 86.2 cm³/mol. The highest BCUT2D eigenvalue weighted by atomic mass is 35.5. The fourth-order valence-corrected chi connectivity index (χ4v) is 2.17. The molecule has 0 saturated carbocycles. The van der Waals surface area contributed by atoms with Gasteiger partial charge in [-0.25, -0.2) is 0 Å². The summed E-state index contributed by atoms with van der Waals surface area (Å²) < 4.78 is 0. The van der Waals surface area contributed by atoms with Gasteiger partial charge < -0.3 is 5.11 Å². The van der Waals surface area contributed by atoms with Gasteiger partial charge >= 0.3 is 0 Å². The van der Waals surface area contributed by atoms with E-state index in [0.717, 1.165) is 18.2 Å². The average molecular weight is 370 g/mol. The second-order valence-corrected chi connectivity index (χ2v) is 5.33. The van der Waals surface area contributed by atoms with E-state index in [2.05, 4.69) is 10.9 Å². The molecule has 0 bridgehead atoms. The van der Waals surface area contributed by atoms with Crippen molar-refractivity contribution in [2.45, 2.75) is 0 Å². The molecule has 2 rings (SSSR count). The predicted octanol–water partition coefficient (Wildman–Crippen LogP) is 2.68. The largest absolute Gasteiger partial charge is 0.507 e. The van der Waals surface area contributed by atoms with Crippen LogP contribution in [0, 0.1) is 10.1 Å². The number of rotatable bonds is 3. The number of nitro benzene ring substituents is 1. The summed E-state index contributed by atoms with van der Waals surface area (Å²) in [7, 11) is 0. The van der Waals surface area contributed by atoms with E-state index < -0.39 is 16.7 Å². The number of aromatic hydroxyl groups is 1. The maximum absolute atomic E-state index is 12.0. The van der Waals surface area contributed by atoms with Crippen LogP contribution in [0.15, 0.2) is 36.4 Å². The first kappa shape index (κ1) is 17.5. The summed E-state index contributed by atoms with van der Waals surface area (Å²) in [5.74, 6) is -1.91.